The molecule has 0 spiro atoms. The van der Waals surface area contributed by atoms with E-state index >= 15 is 0 Å². The van der Waals surface area contributed by atoms with Crippen LogP contribution in [0.15, 0.2) is 59.1 Å². The minimum atomic E-state index is -2.87. The topological polar surface area (TPSA) is 33.3 Å². The van der Waals surface area contributed by atoms with E-state index in [0.29, 0.717) is 5.56 Å². The van der Waals surface area contributed by atoms with E-state index in [1.54, 1.807) is 12.1 Å². The first-order chi connectivity index (χ1) is 11.6. The van der Waals surface area contributed by atoms with Gasteiger partial charge in [0, 0.05) is 26.8 Å². The van der Waals surface area contributed by atoms with Crippen LogP contribution in [0.3, 0.4) is 0 Å². The molecule has 1 aliphatic rings. The summed E-state index contributed by atoms with van der Waals surface area (Å²) in [5, 5.41) is 8.92. The van der Waals surface area contributed by atoms with Crippen molar-refractivity contribution in [3.05, 3.63) is 64.6 Å². The summed E-state index contributed by atoms with van der Waals surface area (Å²) in [7, 11) is 0. The Kier molecular flexibility index (Phi) is 3.76. The van der Waals surface area contributed by atoms with Crippen LogP contribution in [0, 0.1) is 0 Å². The molecular formula is C18H13BrF2N2O. The van der Waals surface area contributed by atoms with Crippen molar-refractivity contribution in [2.24, 2.45) is 0 Å². The van der Waals surface area contributed by atoms with Crippen molar-refractivity contribution in [2.45, 2.75) is 12.8 Å². The van der Waals surface area contributed by atoms with Gasteiger partial charge in [-0.2, -0.15) is 8.78 Å². The molecule has 0 radical (unpaired) electrons. The number of nitrogens with one attached hydrogen (secondary N) is 2. The molecule has 0 aromatic heterocycles. The lowest BCUT2D eigenvalue weighted by Gasteiger charge is -2.30. The van der Waals surface area contributed by atoms with Crippen LogP contribution < -0.4 is 15.4 Å². The number of halogens is 3. The zero-order valence-electron chi connectivity index (χ0n) is 12.4. The molecule has 3 nitrogen and oxygen atoms in total. The molecule has 0 fully saturated rings. The molecule has 1 heterocycles. The molecule has 0 amide bonds. The molecule has 6 heteroatoms. The van der Waals surface area contributed by atoms with Gasteiger partial charge in [-0.1, -0.05) is 40.2 Å². The van der Waals surface area contributed by atoms with Crippen LogP contribution >= 0.6 is 15.9 Å². The first kappa shape index (κ1) is 15.2. The van der Waals surface area contributed by atoms with Crippen molar-refractivity contribution in [3.63, 3.8) is 0 Å². The maximum Gasteiger partial charge on any atom is 0.387 e. The van der Waals surface area contributed by atoms with Crippen LogP contribution in [0.1, 0.15) is 11.7 Å². The maximum atomic E-state index is 12.7. The highest BCUT2D eigenvalue weighted by Crippen LogP contribution is 2.41. The number of hydrogen-bond acceptors (Lipinski definition) is 3. The summed E-state index contributed by atoms with van der Waals surface area (Å²) in [5.41, 5.74) is 2.51. The quantitative estimate of drug-likeness (QED) is 0.598. The summed E-state index contributed by atoms with van der Waals surface area (Å²) in [6.45, 7) is -2.87. The fraction of sp³-hybridized carbons (Fsp3) is 0.111. The minimum Gasteiger partial charge on any atom is -0.434 e. The number of benzene rings is 3. The van der Waals surface area contributed by atoms with E-state index in [2.05, 4.69) is 31.3 Å². The van der Waals surface area contributed by atoms with E-state index in [4.69, 9.17) is 0 Å². The second kappa shape index (κ2) is 5.94. The summed E-state index contributed by atoms with van der Waals surface area (Å²) >= 11 is 3.39. The van der Waals surface area contributed by atoms with Crippen LogP contribution in [-0.4, -0.2) is 6.61 Å². The highest BCUT2D eigenvalue weighted by Gasteiger charge is 2.24. The van der Waals surface area contributed by atoms with Gasteiger partial charge in [0.15, 0.2) is 0 Å². The molecule has 0 saturated carbocycles. The van der Waals surface area contributed by atoms with Crippen LogP contribution in [0.5, 0.6) is 5.75 Å². The molecule has 3 aromatic rings. The van der Waals surface area contributed by atoms with E-state index in [1.807, 2.05) is 36.4 Å². The average Bonchev–Trinajstić information content (AvgIpc) is 2.56. The lowest BCUT2D eigenvalue weighted by molar-refractivity contribution is -0.0505. The van der Waals surface area contributed by atoms with Crippen molar-refractivity contribution >= 4 is 38.1 Å². The number of anilines is 2. The molecule has 122 valence electrons. The maximum absolute atomic E-state index is 12.7. The third-order valence-corrected chi connectivity index (χ3v) is 4.50. The Balaban J connectivity index is 1.79. The Hall–Kier alpha value is -2.34. The zero-order valence-corrected chi connectivity index (χ0v) is 14.0. The van der Waals surface area contributed by atoms with E-state index in [0.717, 1.165) is 26.6 Å². The van der Waals surface area contributed by atoms with Crippen LogP contribution in [0.4, 0.5) is 20.2 Å². The number of alkyl halides is 2. The predicted molar refractivity (Wildman–Crippen MR) is 94.7 cm³/mol. The summed E-state index contributed by atoms with van der Waals surface area (Å²) in [6.07, 6.45) is -0.378. The smallest absolute Gasteiger partial charge is 0.387 e. The van der Waals surface area contributed by atoms with E-state index < -0.39 is 6.61 Å². The number of hydrogen-bond donors (Lipinski definition) is 2. The summed E-state index contributed by atoms with van der Waals surface area (Å²) in [5.74, 6) is 0.143. The van der Waals surface area contributed by atoms with Gasteiger partial charge in [-0.25, -0.2) is 0 Å². The van der Waals surface area contributed by atoms with Gasteiger partial charge in [0.1, 0.15) is 11.9 Å². The van der Waals surface area contributed by atoms with Crippen molar-refractivity contribution in [3.8, 4) is 5.75 Å². The highest BCUT2D eigenvalue weighted by atomic mass is 79.9. The molecule has 2 N–H and O–H groups in total. The lowest BCUT2D eigenvalue weighted by Crippen LogP contribution is -2.24. The third kappa shape index (κ3) is 2.67. The molecular weight excluding hydrogens is 378 g/mol. The molecule has 1 aliphatic heterocycles. The van der Waals surface area contributed by atoms with E-state index in [9.17, 15) is 8.78 Å². The molecule has 0 bridgehead atoms. The Morgan fingerprint density at radius 1 is 0.958 bits per heavy atom. The molecule has 0 saturated heterocycles. The molecule has 3 aromatic carbocycles. The van der Waals surface area contributed by atoms with E-state index in [-0.39, 0.29) is 11.9 Å². The van der Waals surface area contributed by atoms with Gasteiger partial charge in [0.25, 0.3) is 0 Å². The Labute approximate surface area is 145 Å². The van der Waals surface area contributed by atoms with Gasteiger partial charge in [0.2, 0.25) is 0 Å². The average molecular weight is 391 g/mol. The van der Waals surface area contributed by atoms with Crippen molar-refractivity contribution in [1.29, 1.82) is 0 Å². The zero-order chi connectivity index (χ0) is 16.7. The first-order valence-electron chi connectivity index (χ1n) is 7.41. The van der Waals surface area contributed by atoms with Crippen molar-refractivity contribution < 1.29 is 13.5 Å². The Morgan fingerprint density at radius 3 is 2.25 bits per heavy atom. The van der Waals surface area contributed by atoms with Crippen molar-refractivity contribution in [1.82, 2.24) is 0 Å². The normalized spacial score (nSPS) is 13.7. The van der Waals surface area contributed by atoms with Crippen LogP contribution in [0.25, 0.3) is 10.8 Å². The van der Waals surface area contributed by atoms with Gasteiger partial charge in [-0.3, -0.25) is 0 Å². The van der Waals surface area contributed by atoms with Crippen LogP contribution in [-0.2, 0) is 0 Å². The molecule has 4 rings (SSSR count). The fourth-order valence-electron chi connectivity index (χ4n) is 3.03. The first-order valence-corrected chi connectivity index (χ1v) is 8.20. The van der Waals surface area contributed by atoms with Crippen molar-refractivity contribution in [2.75, 3.05) is 10.6 Å². The van der Waals surface area contributed by atoms with Gasteiger partial charge in [-0.15, -0.1) is 0 Å². The van der Waals surface area contributed by atoms with Gasteiger partial charge in [-0.05, 0) is 35.7 Å². The number of rotatable bonds is 3. The summed E-state index contributed by atoms with van der Waals surface area (Å²) in [6, 6.07) is 17.0. The molecule has 0 aliphatic carbocycles. The third-order valence-electron chi connectivity index (χ3n) is 4.00. The fourth-order valence-corrected chi connectivity index (χ4v) is 3.41. The Bertz CT molecular complexity index is 876. The Morgan fingerprint density at radius 2 is 1.62 bits per heavy atom. The lowest BCUT2D eigenvalue weighted by atomic mass is 10.0. The standard InChI is InChI=1S/C18H13BrF2N2O/c19-11-7-8-15(24-18(20)21)12(9-11)17-22-13-5-1-3-10-4-2-6-14(23-17)16(10)13/h1-9,17-18,22-23H. The SMILES string of the molecule is FC(F)Oc1ccc(Br)cc1C1Nc2cccc3cccc(c23)N1. The summed E-state index contributed by atoms with van der Waals surface area (Å²) in [4.78, 5) is 0. The second-order valence-corrected chi connectivity index (χ2v) is 6.41. The van der Waals surface area contributed by atoms with Gasteiger partial charge in [0.05, 0.1) is 0 Å². The van der Waals surface area contributed by atoms with Gasteiger partial charge < -0.3 is 15.4 Å². The van der Waals surface area contributed by atoms with Gasteiger partial charge >= 0.3 is 6.61 Å². The minimum absolute atomic E-state index is 0.143. The predicted octanol–water partition coefficient (Wildman–Crippen LogP) is 5.74. The highest BCUT2D eigenvalue weighted by molar-refractivity contribution is 9.10. The molecule has 0 atom stereocenters. The summed E-state index contributed by atoms with van der Waals surface area (Å²) < 4.78 is 30.9. The largest absolute Gasteiger partial charge is 0.434 e. The number of ether oxygens (including phenoxy) is 1. The molecule has 0 unspecified atom stereocenters. The monoisotopic (exact) mass is 390 g/mol. The van der Waals surface area contributed by atoms with E-state index in [1.165, 1.54) is 6.07 Å². The molecule has 24 heavy (non-hydrogen) atoms. The van der Waals surface area contributed by atoms with Crippen LogP contribution in [0.2, 0.25) is 0 Å². The second-order valence-electron chi connectivity index (χ2n) is 5.49.